The van der Waals surface area contributed by atoms with Crippen molar-refractivity contribution in [2.45, 2.75) is 50.6 Å². The van der Waals surface area contributed by atoms with E-state index in [1.165, 1.54) is 0 Å². The maximum absolute atomic E-state index is 13.3. The predicted molar refractivity (Wildman–Crippen MR) is 165 cm³/mol. The summed E-state index contributed by atoms with van der Waals surface area (Å²) in [4.78, 5) is 26.9. The first-order valence-electron chi connectivity index (χ1n) is 14.6. The number of aromatic nitrogens is 3. The lowest BCUT2D eigenvalue weighted by Gasteiger charge is -2.33. The fourth-order valence-corrected chi connectivity index (χ4v) is 5.81. The summed E-state index contributed by atoms with van der Waals surface area (Å²) in [7, 11) is 5.70. The van der Waals surface area contributed by atoms with Gasteiger partial charge in [-0.2, -0.15) is 0 Å². The molecule has 1 saturated heterocycles. The quantitative estimate of drug-likeness (QED) is 0.266. The van der Waals surface area contributed by atoms with E-state index in [-0.39, 0.29) is 17.9 Å². The Morgan fingerprint density at radius 1 is 1.10 bits per heavy atom. The number of carbonyl (C=O) groups is 1. The van der Waals surface area contributed by atoms with Crippen LogP contribution in [-0.4, -0.2) is 72.3 Å². The number of hydrogen-bond acceptors (Lipinski definition) is 6. The van der Waals surface area contributed by atoms with Crippen molar-refractivity contribution < 1.29 is 9.53 Å². The fraction of sp³-hybridized carbons (Fsp3) is 0.424. The molecule has 216 valence electrons. The van der Waals surface area contributed by atoms with Gasteiger partial charge >= 0.3 is 0 Å². The average molecular weight is 555 g/mol. The zero-order valence-electron chi connectivity index (χ0n) is 24.5. The second kappa shape index (κ2) is 13.3. The number of piperidine rings is 1. The maximum Gasteiger partial charge on any atom is 0.224 e. The molecule has 1 amide bonds. The SMILES string of the molecule is COCCCn1c([C@@H]2CCCN(C(=O)C[C@H](N)Cc3ccc(-c4ccc(N(C)C)nc4)cc3)C2)nc2ccccc21. The number of anilines is 1. The highest BCUT2D eigenvalue weighted by atomic mass is 16.5. The van der Waals surface area contributed by atoms with Gasteiger partial charge in [-0.25, -0.2) is 9.97 Å². The zero-order valence-corrected chi connectivity index (χ0v) is 24.5. The van der Waals surface area contributed by atoms with Crippen molar-refractivity contribution in [2.24, 2.45) is 5.73 Å². The second-order valence-electron chi connectivity index (χ2n) is 11.3. The summed E-state index contributed by atoms with van der Waals surface area (Å²) in [6.07, 6.45) is 5.83. The molecule has 1 aliphatic rings. The van der Waals surface area contributed by atoms with E-state index in [4.69, 9.17) is 15.5 Å². The number of carbonyl (C=O) groups excluding carboxylic acids is 1. The van der Waals surface area contributed by atoms with E-state index in [1.807, 2.05) is 42.2 Å². The molecule has 0 radical (unpaired) electrons. The molecule has 5 rings (SSSR count). The Morgan fingerprint density at radius 3 is 2.61 bits per heavy atom. The van der Waals surface area contributed by atoms with Gasteiger partial charge in [-0.3, -0.25) is 4.79 Å². The van der Waals surface area contributed by atoms with Crippen molar-refractivity contribution in [1.82, 2.24) is 19.4 Å². The molecule has 1 aliphatic heterocycles. The van der Waals surface area contributed by atoms with E-state index < -0.39 is 0 Å². The van der Waals surface area contributed by atoms with Gasteiger partial charge in [0.1, 0.15) is 11.6 Å². The first-order valence-corrected chi connectivity index (χ1v) is 14.6. The lowest BCUT2D eigenvalue weighted by Crippen LogP contribution is -2.42. The third kappa shape index (κ3) is 6.94. The third-order valence-electron chi connectivity index (χ3n) is 7.98. The fourth-order valence-electron chi connectivity index (χ4n) is 5.81. The van der Waals surface area contributed by atoms with Crippen LogP contribution in [0.2, 0.25) is 0 Å². The lowest BCUT2D eigenvalue weighted by atomic mass is 9.95. The average Bonchev–Trinajstić information content (AvgIpc) is 3.36. The van der Waals surface area contributed by atoms with Gasteiger partial charge in [0.05, 0.1) is 11.0 Å². The number of likely N-dealkylation sites (tertiary alicyclic amines) is 1. The van der Waals surface area contributed by atoms with Crippen LogP contribution < -0.4 is 10.6 Å². The molecule has 2 aromatic carbocycles. The van der Waals surface area contributed by atoms with Crippen molar-refractivity contribution in [2.75, 3.05) is 45.8 Å². The standard InChI is InChI=1S/C33H42N6O2/c1-37(2)31-16-15-26(22-35-31)25-13-11-24(12-14-25)20-28(34)21-32(40)38-17-6-8-27(23-38)33-36-29-9-4-5-10-30(29)39(33)18-7-19-41-3/h4-5,9-16,22,27-28H,6-8,17-21,23,34H2,1-3H3/t27-,28-/m1/s1. The Labute approximate surface area is 243 Å². The molecule has 8 nitrogen and oxygen atoms in total. The molecular weight excluding hydrogens is 512 g/mol. The zero-order chi connectivity index (χ0) is 28.8. The van der Waals surface area contributed by atoms with E-state index in [1.54, 1.807) is 7.11 Å². The minimum atomic E-state index is -0.228. The van der Waals surface area contributed by atoms with Crippen LogP contribution in [0.25, 0.3) is 22.2 Å². The summed E-state index contributed by atoms with van der Waals surface area (Å²) in [5, 5.41) is 0. The lowest BCUT2D eigenvalue weighted by molar-refractivity contribution is -0.132. The highest BCUT2D eigenvalue weighted by molar-refractivity contribution is 5.78. The molecule has 0 saturated carbocycles. The van der Waals surface area contributed by atoms with Crippen LogP contribution in [-0.2, 0) is 22.5 Å². The molecule has 4 aromatic rings. The molecule has 2 aromatic heterocycles. The van der Waals surface area contributed by atoms with Crippen molar-refractivity contribution in [3.05, 3.63) is 78.2 Å². The molecule has 8 heteroatoms. The predicted octanol–water partition coefficient (Wildman–Crippen LogP) is 4.87. The molecule has 2 N–H and O–H groups in total. The number of rotatable bonds is 11. The Kier molecular flexibility index (Phi) is 9.31. The van der Waals surface area contributed by atoms with Crippen LogP contribution >= 0.6 is 0 Å². The molecular formula is C33H42N6O2. The van der Waals surface area contributed by atoms with Crippen LogP contribution in [0.5, 0.6) is 0 Å². The molecule has 0 unspecified atom stereocenters. The van der Waals surface area contributed by atoms with Gasteiger partial charge in [0.15, 0.2) is 0 Å². The van der Waals surface area contributed by atoms with Crippen LogP contribution in [0.15, 0.2) is 66.9 Å². The number of imidazole rings is 1. The highest BCUT2D eigenvalue weighted by Gasteiger charge is 2.29. The van der Waals surface area contributed by atoms with E-state index >= 15 is 0 Å². The minimum absolute atomic E-state index is 0.132. The van der Waals surface area contributed by atoms with Gasteiger partial charge in [-0.15, -0.1) is 0 Å². The van der Waals surface area contributed by atoms with Gasteiger partial charge in [-0.1, -0.05) is 36.4 Å². The van der Waals surface area contributed by atoms with E-state index in [0.717, 1.165) is 71.7 Å². The van der Waals surface area contributed by atoms with E-state index in [0.29, 0.717) is 26.0 Å². The van der Waals surface area contributed by atoms with Crippen LogP contribution in [0.1, 0.15) is 43.0 Å². The molecule has 0 spiro atoms. The largest absolute Gasteiger partial charge is 0.385 e. The molecule has 1 fully saturated rings. The van der Waals surface area contributed by atoms with Crippen molar-refractivity contribution in [3.63, 3.8) is 0 Å². The Balaban J connectivity index is 1.19. The number of fused-ring (bicyclic) bond motifs is 1. The molecule has 3 heterocycles. The number of para-hydroxylation sites is 2. The number of nitrogens with two attached hydrogens (primary N) is 1. The maximum atomic E-state index is 13.3. The van der Waals surface area contributed by atoms with Gasteiger partial charge < -0.3 is 24.8 Å². The van der Waals surface area contributed by atoms with Crippen LogP contribution in [0, 0.1) is 0 Å². The van der Waals surface area contributed by atoms with Crippen molar-refractivity contribution in [3.8, 4) is 11.1 Å². The number of pyridine rings is 1. The van der Waals surface area contributed by atoms with Crippen molar-refractivity contribution >= 4 is 22.8 Å². The Bertz CT molecular complexity index is 1430. The van der Waals surface area contributed by atoms with Crippen LogP contribution in [0.4, 0.5) is 5.82 Å². The molecule has 41 heavy (non-hydrogen) atoms. The summed E-state index contributed by atoms with van der Waals surface area (Å²) in [6.45, 7) is 3.04. The smallest absolute Gasteiger partial charge is 0.224 e. The second-order valence-corrected chi connectivity index (χ2v) is 11.3. The summed E-state index contributed by atoms with van der Waals surface area (Å²) >= 11 is 0. The third-order valence-corrected chi connectivity index (χ3v) is 7.98. The minimum Gasteiger partial charge on any atom is -0.385 e. The van der Waals surface area contributed by atoms with E-state index in [2.05, 4.69) is 58.1 Å². The normalized spacial score (nSPS) is 16.2. The van der Waals surface area contributed by atoms with Gasteiger partial charge in [-0.05, 0) is 61.1 Å². The highest BCUT2D eigenvalue weighted by Crippen LogP contribution is 2.30. The summed E-state index contributed by atoms with van der Waals surface area (Å²) in [5.41, 5.74) is 12.0. The summed E-state index contributed by atoms with van der Waals surface area (Å²) in [5.74, 6) is 2.36. The first-order chi connectivity index (χ1) is 19.9. The number of benzene rings is 2. The molecule has 0 bridgehead atoms. The molecule has 0 aliphatic carbocycles. The number of hydrogen-bond donors (Lipinski definition) is 1. The first kappa shape index (κ1) is 28.8. The number of methoxy groups -OCH3 is 1. The molecule has 2 atom stereocenters. The summed E-state index contributed by atoms with van der Waals surface area (Å²) in [6, 6.07) is 20.6. The number of nitrogens with zero attached hydrogens (tertiary/aromatic N) is 5. The number of aryl methyl sites for hydroxylation is 1. The van der Waals surface area contributed by atoms with E-state index in [9.17, 15) is 4.79 Å². The van der Waals surface area contributed by atoms with Crippen molar-refractivity contribution in [1.29, 1.82) is 0 Å². The van der Waals surface area contributed by atoms with Crippen LogP contribution in [0.3, 0.4) is 0 Å². The van der Waals surface area contributed by atoms with Gasteiger partial charge in [0.2, 0.25) is 5.91 Å². The Morgan fingerprint density at radius 2 is 1.88 bits per heavy atom. The summed E-state index contributed by atoms with van der Waals surface area (Å²) < 4.78 is 7.63. The number of ether oxygens (including phenoxy) is 1. The topological polar surface area (TPSA) is 89.5 Å². The van der Waals surface area contributed by atoms with Gasteiger partial charge in [0, 0.05) is 77.6 Å². The Hall–Kier alpha value is -3.75. The number of amides is 1. The van der Waals surface area contributed by atoms with Gasteiger partial charge in [0.25, 0.3) is 0 Å². The monoisotopic (exact) mass is 554 g/mol.